The SMILES string of the molecule is Cc1ccc(-c2nc(O)c(C3CCCC3)c(=O)[nH]2)cc1. The molecule has 1 fully saturated rings. The summed E-state index contributed by atoms with van der Waals surface area (Å²) in [5.74, 6) is 0.462. The van der Waals surface area contributed by atoms with E-state index in [1.807, 2.05) is 31.2 Å². The van der Waals surface area contributed by atoms with E-state index in [9.17, 15) is 9.90 Å². The van der Waals surface area contributed by atoms with Crippen molar-refractivity contribution in [3.63, 3.8) is 0 Å². The fourth-order valence-corrected chi connectivity index (χ4v) is 2.90. The predicted octanol–water partition coefficient (Wildman–Crippen LogP) is 3.11. The summed E-state index contributed by atoms with van der Waals surface area (Å²) in [6.07, 6.45) is 4.15. The van der Waals surface area contributed by atoms with Crippen LogP contribution < -0.4 is 5.56 Å². The number of aryl methyl sites for hydroxylation is 1. The zero-order valence-corrected chi connectivity index (χ0v) is 11.5. The summed E-state index contributed by atoms with van der Waals surface area (Å²) in [6.45, 7) is 2.00. The molecular weight excluding hydrogens is 252 g/mol. The molecule has 0 amide bonds. The van der Waals surface area contributed by atoms with Gasteiger partial charge in [-0.3, -0.25) is 4.79 Å². The summed E-state index contributed by atoms with van der Waals surface area (Å²) in [6, 6.07) is 7.69. The van der Waals surface area contributed by atoms with Gasteiger partial charge in [0, 0.05) is 5.56 Å². The molecule has 104 valence electrons. The number of aromatic amines is 1. The first-order chi connectivity index (χ1) is 9.65. The van der Waals surface area contributed by atoms with Crippen molar-refractivity contribution in [2.24, 2.45) is 0 Å². The average molecular weight is 270 g/mol. The van der Waals surface area contributed by atoms with E-state index in [1.165, 1.54) is 0 Å². The van der Waals surface area contributed by atoms with Gasteiger partial charge in [0.2, 0.25) is 5.88 Å². The minimum atomic E-state index is -0.208. The van der Waals surface area contributed by atoms with Crippen molar-refractivity contribution in [2.75, 3.05) is 0 Å². The van der Waals surface area contributed by atoms with Gasteiger partial charge in [-0.1, -0.05) is 42.7 Å². The third-order valence-electron chi connectivity index (χ3n) is 4.02. The van der Waals surface area contributed by atoms with Crippen LogP contribution in [0.2, 0.25) is 0 Å². The van der Waals surface area contributed by atoms with Gasteiger partial charge in [-0.15, -0.1) is 0 Å². The van der Waals surface area contributed by atoms with E-state index in [1.54, 1.807) is 0 Å². The maximum Gasteiger partial charge on any atom is 0.258 e. The van der Waals surface area contributed by atoms with Crippen LogP contribution in [0, 0.1) is 6.92 Å². The second-order valence-electron chi connectivity index (χ2n) is 5.50. The van der Waals surface area contributed by atoms with Crippen molar-refractivity contribution >= 4 is 0 Å². The fraction of sp³-hybridized carbons (Fsp3) is 0.375. The Morgan fingerprint density at radius 1 is 1.20 bits per heavy atom. The lowest BCUT2D eigenvalue weighted by molar-refractivity contribution is 0.436. The summed E-state index contributed by atoms with van der Waals surface area (Å²) in [5.41, 5.74) is 2.20. The molecule has 1 heterocycles. The number of benzene rings is 1. The molecule has 0 atom stereocenters. The van der Waals surface area contributed by atoms with Crippen LogP contribution in [-0.2, 0) is 0 Å². The van der Waals surface area contributed by atoms with Crippen LogP contribution in [0.5, 0.6) is 5.88 Å². The molecular formula is C16H18N2O2. The molecule has 4 nitrogen and oxygen atoms in total. The topological polar surface area (TPSA) is 66.0 Å². The lowest BCUT2D eigenvalue weighted by Crippen LogP contribution is -2.17. The Labute approximate surface area is 117 Å². The zero-order chi connectivity index (χ0) is 14.1. The maximum atomic E-state index is 12.2. The normalized spacial score (nSPS) is 15.7. The third-order valence-corrected chi connectivity index (χ3v) is 4.02. The minimum absolute atomic E-state index is 0.115. The number of hydrogen-bond donors (Lipinski definition) is 2. The number of H-pyrrole nitrogens is 1. The molecule has 20 heavy (non-hydrogen) atoms. The zero-order valence-electron chi connectivity index (χ0n) is 11.5. The number of aromatic hydroxyl groups is 1. The van der Waals surface area contributed by atoms with E-state index in [0.29, 0.717) is 11.4 Å². The predicted molar refractivity (Wildman–Crippen MR) is 77.9 cm³/mol. The van der Waals surface area contributed by atoms with Crippen molar-refractivity contribution in [2.45, 2.75) is 38.5 Å². The van der Waals surface area contributed by atoms with E-state index in [0.717, 1.165) is 36.8 Å². The number of aromatic nitrogens is 2. The van der Waals surface area contributed by atoms with E-state index in [-0.39, 0.29) is 17.4 Å². The Balaban J connectivity index is 2.03. The van der Waals surface area contributed by atoms with Crippen molar-refractivity contribution in [3.05, 3.63) is 45.7 Å². The highest BCUT2D eigenvalue weighted by molar-refractivity contribution is 5.56. The van der Waals surface area contributed by atoms with Crippen molar-refractivity contribution in [3.8, 4) is 17.3 Å². The highest BCUT2D eigenvalue weighted by atomic mass is 16.3. The van der Waals surface area contributed by atoms with Gasteiger partial charge in [0.15, 0.2) is 0 Å². The Bertz CT molecular complexity index is 668. The fourth-order valence-electron chi connectivity index (χ4n) is 2.90. The molecule has 2 aromatic rings. The number of rotatable bonds is 2. The first-order valence-electron chi connectivity index (χ1n) is 7.05. The molecule has 0 unspecified atom stereocenters. The van der Waals surface area contributed by atoms with E-state index < -0.39 is 0 Å². The average Bonchev–Trinajstić information content (AvgIpc) is 2.92. The molecule has 1 aromatic carbocycles. The number of nitrogens with one attached hydrogen (secondary N) is 1. The molecule has 0 saturated heterocycles. The lowest BCUT2D eigenvalue weighted by Gasteiger charge is -2.11. The van der Waals surface area contributed by atoms with Crippen LogP contribution in [0.4, 0.5) is 0 Å². The largest absolute Gasteiger partial charge is 0.493 e. The minimum Gasteiger partial charge on any atom is -0.493 e. The van der Waals surface area contributed by atoms with Crippen molar-refractivity contribution in [1.29, 1.82) is 0 Å². The van der Waals surface area contributed by atoms with Gasteiger partial charge in [0.25, 0.3) is 5.56 Å². The highest BCUT2D eigenvalue weighted by Crippen LogP contribution is 2.35. The van der Waals surface area contributed by atoms with Crippen LogP contribution in [0.1, 0.15) is 42.7 Å². The Morgan fingerprint density at radius 2 is 1.85 bits per heavy atom. The van der Waals surface area contributed by atoms with Gasteiger partial charge in [-0.05, 0) is 25.7 Å². The maximum absolute atomic E-state index is 12.2. The number of hydrogen-bond acceptors (Lipinski definition) is 3. The van der Waals surface area contributed by atoms with Crippen LogP contribution >= 0.6 is 0 Å². The van der Waals surface area contributed by atoms with Crippen LogP contribution in [0.25, 0.3) is 11.4 Å². The molecule has 0 aliphatic heterocycles. The van der Waals surface area contributed by atoms with E-state index in [4.69, 9.17) is 0 Å². The Hall–Kier alpha value is -2.10. The second-order valence-corrected chi connectivity index (χ2v) is 5.50. The van der Waals surface area contributed by atoms with Gasteiger partial charge >= 0.3 is 0 Å². The molecule has 4 heteroatoms. The first-order valence-corrected chi connectivity index (χ1v) is 7.05. The summed E-state index contributed by atoms with van der Waals surface area (Å²) in [7, 11) is 0. The standard InChI is InChI=1S/C16H18N2O2/c1-10-6-8-12(9-7-10)14-17-15(19)13(16(20)18-14)11-4-2-3-5-11/h6-9,11H,2-5H2,1H3,(H2,17,18,19,20). The van der Waals surface area contributed by atoms with Gasteiger partial charge < -0.3 is 10.1 Å². The van der Waals surface area contributed by atoms with Crippen molar-refractivity contribution in [1.82, 2.24) is 9.97 Å². The van der Waals surface area contributed by atoms with Gasteiger partial charge in [-0.25, -0.2) is 0 Å². The second kappa shape index (κ2) is 5.12. The van der Waals surface area contributed by atoms with Crippen LogP contribution in [0.15, 0.2) is 29.1 Å². The Kier molecular flexibility index (Phi) is 3.30. The molecule has 1 aliphatic rings. The molecule has 0 spiro atoms. The molecule has 3 rings (SSSR count). The van der Waals surface area contributed by atoms with Gasteiger partial charge in [0.05, 0.1) is 5.56 Å². The molecule has 0 bridgehead atoms. The lowest BCUT2D eigenvalue weighted by atomic mass is 10.00. The summed E-state index contributed by atoms with van der Waals surface area (Å²) >= 11 is 0. The van der Waals surface area contributed by atoms with Crippen LogP contribution in [0.3, 0.4) is 0 Å². The van der Waals surface area contributed by atoms with E-state index >= 15 is 0 Å². The van der Waals surface area contributed by atoms with Gasteiger partial charge in [-0.2, -0.15) is 4.98 Å². The summed E-state index contributed by atoms with van der Waals surface area (Å²) < 4.78 is 0. The summed E-state index contributed by atoms with van der Waals surface area (Å²) in [5, 5.41) is 10.1. The molecule has 0 radical (unpaired) electrons. The molecule has 1 saturated carbocycles. The first kappa shape index (κ1) is 12.9. The van der Waals surface area contributed by atoms with Crippen LogP contribution in [-0.4, -0.2) is 15.1 Å². The van der Waals surface area contributed by atoms with E-state index in [2.05, 4.69) is 9.97 Å². The molecule has 1 aromatic heterocycles. The highest BCUT2D eigenvalue weighted by Gasteiger charge is 2.24. The Morgan fingerprint density at radius 3 is 2.45 bits per heavy atom. The third kappa shape index (κ3) is 2.33. The molecule has 1 aliphatic carbocycles. The quantitative estimate of drug-likeness (QED) is 0.881. The summed E-state index contributed by atoms with van der Waals surface area (Å²) in [4.78, 5) is 19.2. The smallest absolute Gasteiger partial charge is 0.258 e. The van der Waals surface area contributed by atoms with Gasteiger partial charge in [0.1, 0.15) is 5.82 Å². The monoisotopic (exact) mass is 270 g/mol. The van der Waals surface area contributed by atoms with Crippen molar-refractivity contribution < 1.29 is 5.11 Å². The number of nitrogens with zero attached hydrogens (tertiary/aromatic N) is 1. The molecule has 2 N–H and O–H groups in total.